The molecule has 0 aliphatic rings. The monoisotopic (exact) mass is 359 g/mol. The van der Waals surface area contributed by atoms with E-state index in [2.05, 4.69) is 20.6 Å². The zero-order valence-corrected chi connectivity index (χ0v) is 13.9. The van der Waals surface area contributed by atoms with Crippen molar-refractivity contribution in [1.29, 1.82) is 0 Å². The van der Waals surface area contributed by atoms with Crippen LogP contribution >= 0.6 is 11.6 Å². The number of nitrogens with zero attached hydrogens (tertiary/aromatic N) is 1. The zero-order valence-electron chi connectivity index (χ0n) is 13.2. The van der Waals surface area contributed by atoms with Crippen LogP contribution in [0.5, 0.6) is 0 Å². The van der Waals surface area contributed by atoms with Crippen LogP contribution in [-0.4, -0.2) is 31.1 Å². The van der Waals surface area contributed by atoms with Crippen LogP contribution in [0.15, 0.2) is 53.6 Å². The third-order valence-electron chi connectivity index (χ3n) is 3.02. The fraction of sp³-hybridized carbons (Fsp3) is 0.0588. The first-order chi connectivity index (χ1) is 12.0. The topological polar surface area (TPSA) is 96.9 Å². The first-order valence-electron chi connectivity index (χ1n) is 7.08. The van der Waals surface area contributed by atoms with Gasteiger partial charge in [-0.2, -0.15) is 5.10 Å². The number of hydrazone groups is 1. The van der Waals surface area contributed by atoms with Gasteiger partial charge in [-0.25, -0.2) is 10.2 Å². The van der Waals surface area contributed by atoms with Crippen molar-refractivity contribution in [1.82, 2.24) is 5.43 Å². The van der Waals surface area contributed by atoms with Crippen molar-refractivity contribution in [3.63, 3.8) is 0 Å². The fourth-order valence-electron chi connectivity index (χ4n) is 1.76. The van der Waals surface area contributed by atoms with E-state index in [-0.39, 0.29) is 0 Å². The standard InChI is InChI=1S/C17H14ClN3O4/c1-25-17(24)12-4-8-14(9-5-12)20-15(22)16(23)21-19-10-11-2-6-13(18)7-3-11/h2-10H,1H3,(H,20,22)(H,21,23)/b19-10+. The van der Waals surface area contributed by atoms with E-state index in [0.717, 1.165) is 0 Å². The van der Waals surface area contributed by atoms with Gasteiger partial charge in [0.15, 0.2) is 0 Å². The van der Waals surface area contributed by atoms with E-state index in [9.17, 15) is 14.4 Å². The number of methoxy groups -OCH3 is 1. The molecule has 7 nitrogen and oxygen atoms in total. The lowest BCUT2D eigenvalue weighted by molar-refractivity contribution is -0.136. The molecular formula is C17H14ClN3O4. The van der Waals surface area contributed by atoms with Gasteiger partial charge in [0.05, 0.1) is 18.9 Å². The van der Waals surface area contributed by atoms with Gasteiger partial charge in [-0.05, 0) is 42.0 Å². The van der Waals surface area contributed by atoms with Crippen LogP contribution < -0.4 is 10.7 Å². The van der Waals surface area contributed by atoms with E-state index >= 15 is 0 Å². The number of amides is 2. The van der Waals surface area contributed by atoms with Crippen LogP contribution in [0.3, 0.4) is 0 Å². The third-order valence-corrected chi connectivity index (χ3v) is 3.27. The number of anilines is 1. The maximum Gasteiger partial charge on any atom is 0.337 e. The van der Waals surface area contributed by atoms with Crippen molar-refractivity contribution in [2.45, 2.75) is 0 Å². The summed E-state index contributed by atoms with van der Waals surface area (Å²) in [5.74, 6) is -2.31. The predicted octanol–water partition coefficient (Wildman–Crippen LogP) is 2.22. The quantitative estimate of drug-likeness (QED) is 0.378. The molecule has 0 aromatic heterocycles. The Morgan fingerprint density at radius 3 is 2.24 bits per heavy atom. The molecule has 2 N–H and O–H groups in total. The summed E-state index contributed by atoms with van der Waals surface area (Å²) in [4.78, 5) is 34.8. The molecule has 0 saturated heterocycles. The number of ether oxygens (including phenoxy) is 1. The maximum atomic E-state index is 11.8. The molecule has 25 heavy (non-hydrogen) atoms. The van der Waals surface area contributed by atoms with Gasteiger partial charge in [0.1, 0.15) is 0 Å². The Morgan fingerprint density at radius 1 is 1.00 bits per heavy atom. The summed E-state index contributed by atoms with van der Waals surface area (Å²) in [7, 11) is 1.27. The molecule has 0 aliphatic carbocycles. The van der Waals surface area contributed by atoms with Gasteiger partial charge in [-0.3, -0.25) is 9.59 Å². The van der Waals surface area contributed by atoms with Crippen molar-refractivity contribution >= 4 is 41.3 Å². The Hall–Kier alpha value is -3.19. The molecule has 0 fully saturated rings. The summed E-state index contributed by atoms with van der Waals surface area (Å²) >= 11 is 5.76. The van der Waals surface area contributed by atoms with Crippen LogP contribution in [0.25, 0.3) is 0 Å². The summed E-state index contributed by atoms with van der Waals surface area (Å²) in [6.07, 6.45) is 1.38. The minimum absolute atomic E-state index is 0.331. The molecule has 0 saturated carbocycles. The first kappa shape index (κ1) is 18.2. The fourth-order valence-corrected chi connectivity index (χ4v) is 1.89. The van der Waals surface area contributed by atoms with Crippen LogP contribution in [0, 0.1) is 0 Å². The number of carbonyl (C=O) groups excluding carboxylic acids is 3. The number of halogens is 1. The summed E-state index contributed by atoms with van der Waals surface area (Å²) < 4.78 is 4.57. The Bertz CT molecular complexity index is 802. The number of nitrogens with one attached hydrogen (secondary N) is 2. The SMILES string of the molecule is COC(=O)c1ccc(NC(=O)C(=O)N/N=C/c2ccc(Cl)cc2)cc1. The lowest BCUT2D eigenvalue weighted by Gasteiger charge is -2.05. The van der Waals surface area contributed by atoms with E-state index in [0.29, 0.717) is 21.8 Å². The van der Waals surface area contributed by atoms with Gasteiger partial charge in [0.2, 0.25) is 0 Å². The molecule has 0 heterocycles. The average Bonchev–Trinajstić information content (AvgIpc) is 2.63. The third kappa shape index (κ3) is 5.43. The Balaban J connectivity index is 1.88. The normalized spacial score (nSPS) is 10.3. The van der Waals surface area contributed by atoms with Gasteiger partial charge in [-0.1, -0.05) is 23.7 Å². The second kappa shape index (κ2) is 8.60. The summed E-state index contributed by atoms with van der Waals surface area (Å²) in [6, 6.07) is 12.7. The van der Waals surface area contributed by atoms with Crippen molar-refractivity contribution < 1.29 is 19.1 Å². The van der Waals surface area contributed by atoms with Crippen molar-refractivity contribution in [3.8, 4) is 0 Å². The van der Waals surface area contributed by atoms with E-state index in [4.69, 9.17) is 11.6 Å². The minimum Gasteiger partial charge on any atom is -0.465 e. The number of esters is 1. The molecule has 2 aromatic rings. The van der Waals surface area contributed by atoms with Gasteiger partial charge in [0, 0.05) is 10.7 Å². The molecule has 0 bridgehead atoms. The maximum absolute atomic E-state index is 11.8. The molecule has 0 spiro atoms. The lowest BCUT2D eigenvalue weighted by Crippen LogP contribution is -2.32. The van der Waals surface area contributed by atoms with Gasteiger partial charge in [-0.15, -0.1) is 0 Å². The second-order valence-electron chi connectivity index (χ2n) is 4.77. The van der Waals surface area contributed by atoms with Crippen molar-refractivity contribution in [2.75, 3.05) is 12.4 Å². The predicted molar refractivity (Wildman–Crippen MR) is 93.6 cm³/mol. The Morgan fingerprint density at radius 2 is 1.64 bits per heavy atom. The smallest absolute Gasteiger partial charge is 0.337 e. The van der Waals surface area contributed by atoms with Crippen molar-refractivity contribution in [2.24, 2.45) is 5.10 Å². The number of carbonyl (C=O) groups is 3. The number of rotatable bonds is 4. The number of benzene rings is 2. The average molecular weight is 360 g/mol. The van der Waals surface area contributed by atoms with Crippen molar-refractivity contribution in [3.05, 3.63) is 64.7 Å². The molecule has 2 aromatic carbocycles. The van der Waals surface area contributed by atoms with Gasteiger partial charge in [0.25, 0.3) is 0 Å². The molecule has 2 rings (SSSR count). The van der Waals surface area contributed by atoms with Gasteiger partial charge < -0.3 is 10.1 Å². The van der Waals surface area contributed by atoms with E-state index in [1.54, 1.807) is 24.3 Å². The van der Waals surface area contributed by atoms with Crippen LogP contribution in [0.2, 0.25) is 5.02 Å². The largest absolute Gasteiger partial charge is 0.465 e. The summed E-state index contributed by atoms with van der Waals surface area (Å²) in [5.41, 5.74) is 3.51. The molecule has 0 atom stereocenters. The number of hydrogen-bond donors (Lipinski definition) is 2. The lowest BCUT2D eigenvalue weighted by atomic mass is 10.2. The zero-order chi connectivity index (χ0) is 18.2. The number of hydrogen-bond acceptors (Lipinski definition) is 5. The molecule has 0 radical (unpaired) electrons. The highest BCUT2D eigenvalue weighted by Gasteiger charge is 2.13. The van der Waals surface area contributed by atoms with E-state index < -0.39 is 17.8 Å². The van der Waals surface area contributed by atoms with Crippen LogP contribution in [0.1, 0.15) is 15.9 Å². The van der Waals surface area contributed by atoms with Gasteiger partial charge >= 0.3 is 17.8 Å². The second-order valence-corrected chi connectivity index (χ2v) is 5.21. The molecular weight excluding hydrogens is 346 g/mol. The highest BCUT2D eigenvalue weighted by atomic mass is 35.5. The van der Waals surface area contributed by atoms with E-state index in [1.165, 1.54) is 37.6 Å². The molecule has 0 unspecified atom stereocenters. The van der Waals surface area contributed by atoms with Crippen LogP contribution in [0.4, 0.5) is 5.69 Å². The Kier molecular flexibility index (Phi) is 6.25. The molecule has 128 valence electrons. The first-order valence-corrected chi connectivity index (χ1v) is 7.45. The Labute approximate surface area is 148 Å². The minimum atomic E-state index is -0.928. The molecule has 0 aliphatic heterocycles. The highest BCUT2D eigenvalue weighted by molar-refractivity contribution is 6.39. The van der Waals surface area contributed by atoms with E-state index in [1.807, 2.05) is 0 Å². The highest BCUT2D eigenvalue weighted by Crippen LogP contribution is 2.10. The van der Waals surface area contributed by atoms with Crippen LogP contribution in [-0.2, 0) is 14.3 Å². The molecule has 8 heteroatoms. The summed E-state index contributed by atoms with van der Waals surface area (Å²) in [6.45, 7) is 0. The molecule has 2 amide bonds. The summed E-state index contributed by atoms with van der Waals surface area (Å²) in [5, 5.41) is 6.66.